The zero-order valence-electron chi connectivity index (χ0n) is 21.5. The van der Waals surface area contributed by atoms with E-state index in [-0.39, 0.29) is 18.6 Å². The highest BCUT2D eigenvalue weighted by atomic mass is 19.1. The van der Waals surface area contributed by atoms with Gasteiger partial charge >= 0.3 is 0 Å². The van der Waals surface area contributed by atoms with Gasteiger partial charge in [-0.3, -0.25) is 14.2 Å². The maximum atomic E-state index is 14.8. The van der Waals surface area contributed by atoms with Crippen molar-refractivity contribution < 1.29 is 13.5 Å². The molecule has 0 aliphatic carbocycles. The van der Waals surface area contributed by atoms with E-state index >= 15 is 0 Å². The quantitative estimate of drug-likeness (QED) is 0.346. The smallest absolute Gasteiger partial charge is 0.119 e. The molecule has 0 radical (unpaired) electrons. The second-order valence-electron chi connectivity index (χ2n) is 10.7. The Morgan fingerprint density at radius 1 is 1.14 bits per heavy atom. The average molecular weight is 484 g/mol. The van der Waals surface area contributed by atoms with Crippen LogP contribution >= 0.6 is 0 Å². The number of rotatable bonds is 12. The number of para-hydroxylation sites is 1. The number of fused-ring (bicyclic) bond motifs is 1. The summed E-state index contributed by atoms with van der Waals surface area (Å²) >= 11 is 0. The molecule has 0 saturated carbocycles. The lowest BCUT2D eigenvalue weighted by Crippen LogP contribution is -2.49. The third kappa shape index (κ3) is 6.83. The number of ether oxygens (including phenoxy) is 1. The minimum atomic E-state index is -1.29. The van der Waals surface area contributed by atoms with E-state index in [0.29, 0.717) is 19.7 Å². The van der Waals surface area contributed by atoms with Crippen molar-refractivity contribution in [2.45, 2.75) is 52.4 Å². The first-order valence-electron chi connectivity index (χ1n) is 12.7. The Bertz CT molecular complexity index is 1080. The highest BCUT2D eigenvalue weighted by Gasteiger charge is 2.27. The van der Waals surface area contributed by atoms with Crippen LogP contribution in [0.1, 0.15) is 37.6 Å². The molecule has 4 nitrogen and oxygen atoms in total. The van der Waals surface area contributed by atoms with Gasteiger partial charge in [0.1, 0.15) is 18.0 Å². The molecule has 1 N–H and O–H groups in total. The van der Waals surface area contributed by atoms with Crippen LogP contribution < -0.4 is 4.74 Å². The summed E-state index contributed by atoms with van der Waals surface area (Å²) in [5.74, 6) is 1.03. The summed E-state index contributed by atoms with van der Waals surface area (Å²) in [7, 11) is 0. The molecule has 3 aromatic rings. The van der Waals surface area contributed by atoms with Crippen LogP contribution in [-0.4, -0.2) is 66.0 Å². The number of nitrogens with zero attached hydrogens (tertiary/aromatic N) is 2. The second-order valence-corrected chi connectivity index (χ2v) is 10.7. The monoisotopic (exact) mass is 483 g/mol. The molecule has 6 heteroatoms. The lowest BCUT2D eigenvalue weighted by atomic mass is 10.0. The van der Waals surface area contributed by atoms with Crippen molar-refractivity contribution in [2.24, 2.45) is 5.92 Å². The lowest BCUT2D eigenvalue weighted by Gasteiger charge is -2.37. The van der Waals surface area contributed by atoms with Crippen LogP contribution in [0.3, 0.4) is 0 Å². The first-order chi connectivity index (χ1) is 16.7. The Morgan fingerprint density at radius 3 is 2.54 bits per heavy atom. The molecular weight excluding hydrogens is 444 g/mol. The van der Waals surface area contributed by atoms with E-state index in [1.54, 1.807) is 13.8 Å². The zero-order valence-corrected chi connectivity index (χ0v) is 21.5. The van der Waals surface area contributed by atoms with Crippen molar-refractivity contribution in [3.05, 3.63) is 65.4 Å². The van der Waals surface area contributed by atoms with Gasteiger partial charge in [-0.25, -0.2) is 4.39 Å². The van der Waals surface area contributed by atoms with Gasteiger partial charge in [0, 0.05) is 61.3 Å². The number of aryl methyl sites for hydroxylation is 1. The van der Waals surface area contributed by atoms with Crippen LogP contribution in [0.15, 0.2) is 48.5 Å². The van der Waals surface area contributed by atoms with Crippen LogP contribution in [0.2, 0.25) is 0 Å². The minimum absolute atomic E-state index is 0.170. The molecule has 35 heavy (non-hydrogen) atoms. The van der Waals surface area contributed by atoms with Crippen molar-refractivity contribution in [1.29, 1.82) is 0 Å². The van der Waals surface area contributed by atoms with E-state index in [1.165, 1.54) is 16.6 Å². The van der Waals surface area contributed by atoms with Gasteiger partial charge in [0.05, 0.1) is 6.67 Å². The van der Waals surface area contributed by atoms with Gasteiger partial charge in [-0.1, -0.05) is 30.3 Å². The first kappa shape index (κ1) is 25.6. The average Bonchev–Trinajstić information content (AvgIpc) is 3.10. The molecule has 1 aromatic heterocycles. The van der Waals surface area contributed by atoms with Crippen molar-refractivity contribution in [3.8, 4) is 5.75 Å². The third-order valence-corrected chi connectivity index (χ3v) is 6.97. The van der Waals surface area contributed by atoms with Gasteiger partial charge in [0.2, 0.25) is 0 Å². The summed E-state index contributed by atoms with van der Waals surface area (Å²) < 4.78 is 33.2. The van der Waals surface area contributed by atoms with Crippen LogP contribution in [0, 0.1) is 12.8 Å². The van der Waals surface area contributed by atoms with Gasteiger partial charge in [0.25, 0.3) is 0 Å². The number of aromatic amines is 1. The Morgan fingerprint density at radius 2 is 1.86 bits per heavy atom. The van der Waals surface area contributed by atoms with Gasteiger partial charge < -0.3 is 9.72 Å². The molecule has 190 valence electrons. The summed E-state index contributed by atoms with van der Waals surface area (Å²) in [6, 6.07) is 16.7. The molecule has 4 rings (SSSR count). The predicted molar refractivity (Wildman–Crippen MR) is 140 cm³/mol. The molecule has 1 fully saturated rings. The summed E-state index contributed by atoms with van der Waals surface area (Å²) in [5.41, 5.74) is 3.48. The van der Waals surface area contributed by atoms with Crippen LogP contribution in [-0.2, 0) is 13.0 Å². The fraction of sp³-hybridized carbons (Fsp3) is 0.517. The molecule has 1 aliphatic heterocycles. The fourth-order valence-corrected chi connectivity index (χ4v) is 5.05. The molecule has 2 heterocycles. The topological polar surface area (TPSA) is 31.5 Å². The number of hydrogen-bond acceptors (Lipinski definition) is 3. The van der Waals surface area contributed by atoms with E-state index < -0.39 is 5.67 Å². The number of hydrogen-bond donors (Lipinski definition) is 1. The van der Waals surface area contributed by atoms with Crippen molar-refractivity contribution >= 4 is 10.9 Å². The van der Waals surface area contributed by atoms with E-state index in [4.69, 9.17) is 4.74 Å². The van der Waals surface area contributed by atoms with Crippen LogP contribution in [0.5, 0.6) is 5.75 Å². The summed E-state index contributed by atoms with van der Waals surface area (Å²) in [6.45, 7) is 11.5. The van der Waals surface area contributed by atoms with E-state index in [0.717, 1.165) is 42.9 Å². The predicted octanol–water partition coefficient (Wildman–Crippen LogP) is 5.94. The zero-order chi connectivity index (χ0) is 25.0. The number of H-pyrrole nitrogens is 1. The van der Waals surface area contributed by atoms with Gasteiger partial charge in [-0.05, 0) is 63.4 Å². The maximum absolute atomic E-state index is 14.8. The SMILES string of the molecule is Cc1[nH]c2ccccc2c1C[C@@H](C)N(Cc1ccc(OCCN2CC(CF)C2)cc1)CC(C)(C)F. The van der Waals surface area contributed by atoms with Crippen molar-refractivity contribution in [1.82, 2.24) is 14.8 Å². The maximum Gasteiger partial charge on any atom is 0.119 e. The molecule has 0 unspecified atom stereocenters. The Balaban J connectivity index is 1.37. The van der Waals surface area contributed by atoms with E-state index in [9.17, 15) is 8.78 Å². The molecule has 2 aromatic carbocycles. The molecule has 0 spiro atoms. The summed E-state index contributed by atoms with van der Waals surface area (Å²) in [5, 5.41) is 1.25. The number of likely N-dealkylation sites (tertiary alicyclic amines) is 1. The van der Waals surface area contributed by atoms with Crippen LogP contribution in [0.25, 0.3) is 10.9 Å². The van der Waals surface area contributed by atoms with Crippen LogP contribution in [0.4, 0.5) is 8.78 Å². The molecule has 1 atom stereocenters. The van der Waals surface area contributed by atoms with Gasteiger partial charge in [0.15, 0.2) is 0 Å². The number of alkyl halides is 2. The van der Waals surface area contributed by atoms with Crippen molar-refractivity contribution in [2.75, 3.05) is 39.5 Å². The van der Waals surface area contributed by atoms with Crippen molar-refractivity contribution in [3.63, 3.8) is 0 Å². The van der Waals surface area contributed by atoms with Gasteiger partial charge in [-0.2, -0.15) is 0 Å². The highest BCUT2D eigenvalue weighted by molar-refractivity contribution is 5.84. The summed E-state index contributed by atoms with van der Waals surface area (Å²) in [4.78, 5) is 7.94. The lowest BCUT2D eigenvalue weighted by molar-refractivity contribution is 0.0668. The molecule has 1 saturated heterocycles. The highest BCUT2D eigenvalue weighted by Crippen LogP contribution is 2.26. The number of aromatic nitrogens is 1. The van der Waals surface area contributed by atoms with Gasteiger partial charge in [-0.15, -0.1) is 0 Å². The number of benzene rings is 2. The Hall–Kier alpha value is -2.44. The van der Waals surface area contributed by atoms with E-state index in [2.05, 4.69) is 59.0 Å². The fourth-order valence-electron chi connectivity index (χ4n) is 5.05. The largest absolute Gasteiger partial charge is 0.492 e. The summed E-state index contributed by atoms with van der Waals surface area (Å²) in [6.07, 6.45) is 0.854. The second kappa shape index (κ2) is 11.1. The molecular formula is C29H39F2N3O. The molecule has 0 bridgehead atoms. The molecule has 1 aliphatic rings. The normalized spacial score (nSPS) is 16.1. The standard InChI is InChI=1S/C29H39F2N3O/c1-21(15-27-22(2)32-28-8-6-5-7-26(27)28)34(20-29(3,4)31)19-23-9-11-25(12-10-23)35-14-13-33-17-24(16-30)18-33/h5-12,21,24,32H,13-20H2,1-4H3/t21-/m1/s1. The minimum Gasteiger partial charge on any atom is -0.492 e. The molecule has 0 amide bonds. The Labute approximate surface area is 208 Å². The van der Waals surface area contributed by atoms with E-state index in [1.807, 2.05) is 18.2 Å². The number of nitrogens with one attached hydrogen (secondary N) is 1. The first-order valence-corrected chi connectivity index (χ1v) is 12.7. The number of halogens is 2. The Kier molecular flexibility index (Phi) is 8.12. The third-order valence-electron chi connectivity index (χ3n) is 6.97.